The number of aryl methyl sites for hydroxylation is 4. The average Bonchev–Trinajstić information content (AvgIpc) is 1.52. The van der Waals surface area contributed by atoms with Crippen LogP contribution in [0.15, 0.2) is 166 Å². The first-order valence-corrected chi connectivity index (χ1v) is 51.7. The zero-order valence-electron chi connectivity index (χ0n) is 92.8. The first-order chi connectivity index (χ1) is 69.2. The molecule has 28 nitrogen and oxygen atoms in total. The summed E-state index contributed by atoms with van der Waals surface area (Å²) >= 11 is 0. The third-order valence-electron chi connectivity index (χ3n) is 28.7. The van der Waals surface area contributed by atoms with Crippen LogP contribution in [0.2, 0.25) is 0 Å². The van der Waals surface area contributed by atoms with E-state index in [1.807, 2.05) is 94.9 Å². The summed E-state index contributed by atoms with van der Waals surface area (Å²) in [7, 11) is 0. The normalized spacial score (nSPS) is 15.0. The van der Waals surface area contributed by atoms with Crippen molar-refractivity contribution in [1.29, 1.82) is 0 Å². The molecule has 1 fully saturated rings. The SMILES string of the molecule is CC(C)(C)c1cc(-c2nc(-c3[n-]nc4c3CCCC4(C)C)cc3ccncc23)[n-]n1.CC(C)(C)c1ccncc1.CC(C)(C)c1ccncc1.CC(C)(C)c1ccncc1.CC(C)(C)c1ccncc1.CCc1n[n-]c(-c2cncc(-c3[n-]nc(CC(C)C)c3C(C)C)n2)c1C.CCc1n[n-]c(-c2cncc(-c3[n-]nc4c3C3CCC4(C)C3(C)C)n2)c1C.CCc1n[n-]c(-c2cncc(-c3[n-]nc4c3CCCC4)n2)c1C.[Pt+2].[Pt+2].[Pt+2].[Pt+2]. The molecule has 32 heteroatoms. The van der Waals surface area contributed by atoms with Gasteiger partial charge in [0.2, 0.25) is 0 Å². The Morgan fingerprint density at radius 1 is 0.353 bits per heavy atom. The minimum absolute atomic E-state index is 0. The van der Waals surface area contributed by atoms with E-state index < -0.39 is 0 Å². The Morgan fingerprint density at radius 2 is 0.733 bits per heavy atom. The van der Waals surface area contributed by atoms with Gasteiger partial charge in [0.25, 0.3) is 0 Å². The van der Waals surface area contributed by atoms with Crippen molar-refractivity contribution in [2.45, 2.75) is 341 Å². The predicted octanol–water partition coefficient (Wildman–Crippen LogP) is 23.6. The molecule has 4 aliphatic carbocycles. The molecular weight excluding hydrogens is 2590 g/mol. The molecule has 0 saturated heterocycles. The van der Waals surface area contributed by atoms with Gasteiger partial charge in [0.05, 0.1) is 82.7 Å². The fraction of sp³-hybridized carbons (Fsp3) is 0.458. The fourth-order valence-electron chi connectivity index (χ4n) is 19.4. The Balaban J connectivity index is 0.000000181. The monoisotopic (exact) mass is 2740 g/mol. The van der Waals surface area contributed by atoms with Crippen LogP contribution in [0.25, 0.3) is 102 Å². The number of rotatable bonds is 14. The summed E-state index contributed by atoms with van der Waals surface area (Å²) in [6.45, 7) is 65.4. The molecule has 0 aliphatic heterocycles. The van der Waals surface area contributed by atoms with E-state index in [4.69, 9.17) is 19.9 Å². The van der Waals surface area contributed by atoms with E-state index in [2.05, 4.69) is 363 Å². The van der Waals surface area contributed by atoms with Crippen LogP contribution in [0.4, 0.5) is 0 Å². The van der Waals surface area contributed by atoms with Crippen molar-refractivity contribution >= 4 is 10.8 Å². The van der Waals surface area contributed by atoms with Crippen molar-refractivity contribution < 1.29 is 84.3 Å². The molecular formula is C118H146N28Pt4. The Kier molecular flexibility index (Phi) is 41.1. The number of hydrogen-bond donors (Lipinski definition) is 0. The summed E-state index contributed by atoms with van der Waals surface area (Å²) in [5, 5.41) is 72.5. The van der Waals surface area contributed by atoms with E-state index in [-0.39, 0.29) is 128 Å². The average molecular weight is 2740 g/mol. The van der Waals surface area contributed by atoms with E-state index in [0.717, 1.165) is 216 Å². The fourth-order valence-corrected chi connectivity index (χ4v) is 19.4. The zero-order chi connectivity index (χ0) is 105. The summed E-state index contributed by atoms with van der Waals surface area (Å²) in [5.41, 5.74) is 36.1. The van der Waals surface area contributed by atoms with Gasteiger partial charge in [-0.1, -0.05) is 239 Å². The van der Waals surface area contributed by atoms with E-state index >= 15 is 0 Å². The maximum Gasteiger partial charge on any atom is 2.00 e. The Bertz CT molecular complexity index is 6990. The summed E-state index contributed by atoms with van der Waals surface area (Å²) in [6, 6.07) is 22.6. The van der Waals surface area contributed by atoms with E-state index in [1.165, 1.54) is 75.9 Å². The molecule has 2 atom stereocenters. The van der Waals surface area contributed by atoms with Crippen molar-refractivity contribution in [2.24, 2.45) is 11.3 Å². The first-order valence-electron chi connectivity index (χ1n) is 51.7. The number of fused-ring (bicyclic) bond motifs is 8. The zero-order valence-corrected chi connectivity index (χ0v) is 102. The molecule has 21 rings (SSSR count). The van der Waals surface area contributed by atoms with Gasteiger partial charge in [-0.15, -0.1) is 0 Å². The first kappa shape index (κ1) is 121. The number of hydrogen-bond acceptors (Lipinski definition) is 20. The molecule has 0 N–H and O–H groups in total. The van der Waals surface area contributed by atoms with Crippen LogP contribution in [0.1, 0.15) is 344 Å². The molecule has 2 bridgehead atoms. The van der Waals surface area contributed by atoms with Gasteiger partial charge in [-0.05, 0) is 276 Å². The van der Waals surface area contributed by atoms with Crippen LogP contribution in [0.5, 0.6) is 0 Å². The van der Waals surface area contributed by atoms with Gasteiger partial charge in [-0.3, -0.25) is 44.9 Å². The van der Waals surface area contributed by atoms with Crippen LogP contribution in [0.3, 0.4) is 0 Å². The number of nitrogens with zero attached hydrogens (tertiary/aromatic N) is 28. The molecule has 0 spiro atoms. The van der Waals surface area contributed by atoms with E-state index in [1.54, 1.807) is 37.2 Å². The minimum atomic E-state index is -0.0707. The molecule has 0 radical (unpaired) electrons. The van der Waals surface area contributed by atoms with Gasteiger partial charge in [-0.25, -0.2) is 15.0 Å². The maximum atomic E-state index is 5.02. The minimum Gasteiger partial charge on any atom is -0.573 e. The van der Waals surface area contributed by atoms with Crippen molar-refractivity contribution in [2.75, 3.05) is 0 Å². The molecule has 17 heterocycles. The number of aromatic nitrogens is 28. The maximum absolute atomic E-state index is 5.02. The Labute approximate surface area is 944 Å². The standard InChI is InChI=1S/C24H26N6.C21H24N6.C20H26N6.C17H18N6.4C9H13N.4Pt/c1-23(2,3)19-12-18(27-28-19)20-16-13-25-10-8-14(16)11-17(26-20)21-15-7-6-9-24(4,5)22(15)30-29-21;1-6-13-11(2)17(25-24-13)14-9-22-10-15(23-14)18-16-12-7-8-21(5,20(12,3)4)19(16)27-26-18;1-7-14-13(6)19(25-23-14)16-9-21-10-17(22-16)20-18(12(4)5)15(24-26-20)8-11(2)3;1-3-12-10(2)16(22-20-12)14-8-18-9-15(19-14)17-11-6-4-5-7-13(11)21-23-17;4*1-9(2,3)8-4-6-10-7-5-8;;;;/h8,10-13H,6-7,9H2,1-5H3;9-10,12H,6-8H2,1-5H3;9-12H,7-8H2,1-6H3;8-9H,3-7H2,1-2H3;4*4-7H,1-3H3;;;;/q4*-2;;;;;4*+2. The van der Waals surface area contributed by atoms with Gasteiger partial charge in [-0.2, -0.15) is 0 Å². The quantitative estimate of drug-likeness (QED) is 0.0975. The smallest absolute Gasteiger partial charge is 0.573 e. The van der Waals surface area contributed by atoms with Crippen molar-refractivity contribution in [1.82, 2.24) is 141 Å². The molecule has 1 saturated carbocycles. The number of pyridine rings is 6. The Hall–Kier alpha value is -11.2. The van der Waals surface area contributed by atoms with Crippen LogP contribution in [0, 0.1) is 32.1 Å². The topological polar surface area (TPSA) is 371 Å². The summed E-state index contributed by atoms with van der Waals surface area (Å²) < 4.78 is 0. The van der Waals surface area contributed by atoms with Gasteiger partial charge < -0.3 is 81.6 Å². The van der Waals surface area contributed by atoms with Crippen molar-refractivity contribution in [3.63, 3.8) is 0 Å². The van der Waals surface area contributed by atoms with Crippen LogP contribution in [-0.4, -0.2) is 101 Å². The molecule has 0 amide bonds. The molecule has 150 heavy (non-hydrogen) atoms. The molecule has 17 aromatic rings. The van der Waals surface area contributed by atoms with Gasteiger partial charge in [0.1, 0.15) is 0 Å². The third kappa shape index (κ3) is 27.9. The van der Waals surface area contributed by atoms with Crippen molar-refractivity contribution in [3.05, 3.63) is 273 Å². The second-order valence-electron chi connectivity index (χ2n) is 46.0. The van der Waals surface area contributed by atoms with Gasteiger partial charge in [0.15, 0.2) is 0 Å². The summed E-state index contributed by atoms with van der Waals surface area (Å²) in [5.74, 6) is 1.34. The predicted molar refractivity (Wildman–Crippen MR) is 579 cm³/mol. The van der Waals surface area contributed by atoms with Crippen LogP contribution < -0.4 is 40.8 Å². The molecule has 0 aromatic carbocycles. The third-order valence-corrected chi connectivity index (χ3v) is 28.7. The largest absolute Gasteiger partial charge is 2.00 e. The summed E-state index contributed by atoms with van der Waals surface area (Å²) in [6.07, 6.45) is 42.5. The second-order valence-corrected chi connectivity index (χ2v) is 46.0. The molecule has 4 aliphatic rings. The Morgan fingerprint density at radius 3 is 1.15 bits per heavy atom. The van der Waals surface area contributed by atoms with Gasteiger partial charge in [0, 0.05) is 129 Å². The van der Waals surface area contributed by atoms with Gasteiger partial charge >= 0.3 is 84.3 Å². The second kappa shape index (κ2) is 51.1. The molecule has 2 unspecified atom stereocenters. The van der Waals surface area contributed by atoms with Crippen LogP contribution in [-0.2, 0) is 167 Å². The van der Waals surface area contributed by atoms with Crippen LogP contribution >= 0.6 is 0 Å². The van der Waals surface area contributed by atoms with E-state index in [0.29, 0.717) is 17.8 Å². The molecule has 798 valence electrons. The summed E-state index contributed by atoms with van der Waals surface area (Å²) in [4.78, 5) is 52.7. The van der Waals surface area contributed by atoms with Crippen molar-refractivity contribution in [3.8, 4) is 91.1 Å². The van der Waals surface area contributed by atoms with E-state index in [9.17, 15) is 0 Å². The molecule has 17 aromatic heterocycles.